The zero-order chi connectivity index (χ0) is 19.2. The molecule has 1 fully saturated rings. The number of amides is 1. The normalized spacial score (nSPS) is 14.0. The number of ether oxygens (including phenoxy) is 1. The molecule has 1 saturated carbocycles. The third kappa shape index (κ3) is 5.66. The third-order valence-corrected chi connectivity index (χ3v) is 5.67. The fraction of sp³-hybridized carbons (Fsp3) is 0.333. The molecular weight excluding hydrogens is 472 g/mol. The minimum atomic E-state index is -0.176. The van der Waals surface area contributed by atoms with Gasteiger partial charge in [-0.25, -0.2) is 5.43 Å². The van der Waals surface area contributed by atoms with Crippen molar-refractivity contribution in [3.63, 3.8) is 0 Å². The van der Waals surface area contributed by atoms with Crippen LogP contribution in [0, 0.1) is 6.92 Å². The van der Waals surface area contributed by atoms with Crippen LogP contribution >= 0.6 is 31.9 Å². The zero-order valence-corrected chi connectivity index (χ0v) is 18.4. The van der Waals surface area contributed by atoms with Crippen LogP contribution in [0.5, 0.6) is 5.75 Å². The molecule has 2 aromatic rings. The van der Waals surface area contributed by atoms with Gasteiger partial charge >= 0.3 is 0 Å². The number of aryl methyl sites for hydroxylation is 1. The van der Waals surface area contributed by atoms with E-state index in [9.17, 15) is 4.79 Å². The number of rotatable bonds is 5. The summed E-state index contributed by atoms with van der Waals surface area (Å²) in [7, 11) is 0. The van der Waals surface area contributed by atoms with E-state index >= 15 is 0 Å². The molecule has 0 unspecified atom stereocenters. The summed E-state index contributed by atoms with van der Waals surface area (Å²) in [5.41, 5.74) is 6.49. The molecule has 0 aliphatic heterocycles. The Labute approximate surface area is 176 Å². The highest BCUT2D eigenvalue weighted by Gasteiger charge is 2.10. The molecule has 6 heteroatoms. The van der Waals surface area contributed by atoms with Crippen LogP contribution in [0.25, 0.3) is 0 Å². The van der Waals surface area contributed by atoms with Crippen LogP contribution < -0.4 is 10.2 Å². The number of halogens is 2. The van der Waals surface area contributed by atoms with Gasteiger partial charge in [-0.3, -0.25) is 4.79 Å². The molecular formula is C21H22Br2N2O2. The monoisotopic (exact) mass is 492 g/mol. The summed E-state index contributed by atoms with van der Waals surface area (Å²) < 4.78 is 7.74. The SMILES string of the molecule is Cc1cc(Br)c(OCc2ccc(C(=O)NN=C3CCCCC3)cc2)c(Br)c1. The molecule has 0 bridgehead atoms. The summed E-state index contributed by atoms with van der Waals surface area (Å²) in [5.74, 6) is 0.593. The first-order valence-electron chi connectivity index (χ1n) is 9.06. The maximum atomic E-state index is 12.2. The van der Waals surface area contributed by atoms with Gasteiger partial charge in [0.05, 0.1) is 8.95 Å². The van der Waals surface area contributed by atoms with Gasteiger partial charge in [0.1, 0.15) is 12.4 Å². The minimum Gasteiger partial charge on any atom is -0.487 e. The molecule has 142 valence electrons. The Kier molecular flexibility index (Phi) is 7.07. The lowest BCUT2D eigenvalue weighted by atomic mass is 9.99. The Hall–Kier alpha value is -1.66. The average molecular weight is 494 g/mol. The highest BCUT2D eigenvalue weighted by molar-refractivity contribution is 9.11. The molecule has 3 rings (SSSR count). The largest absolute Gasteiger partial charge is 0.487 e. The lowest BCUT2D eigenvalue weighted by Gasteiger charge is -2.12. The van der Waals surface area contributed by atoms with Crippen LogP contribution in [0.15, 0.2) is 50.4 Å². The standard InChI is InChI=1S/C21H22Br2N2O2/c1-14-11-18(22)20(19(23)12-14)27-13-15-7-9-16(10-8-15)21(26)25-24-17-5-3-2-4-6-17/h7-12H,2-6,13H2,1H3,(H,25,26). The molecule has 1 N–H and O–H groups in total. The van der Waals surface area contributed by atoms with E-state index in [4.69, 9.17) is 4.74 Å². The fourth-order valence-corrected chi connectivity index (χ4v) is 4.64. The van der Waals surface area contributed by atoms with E-state index in [1.54, 1.807) is 12.1 Å². The van der Waals surface area contributed by atoms with E-state index in [0.29, 0.717) is 12.2 Å². The van der Waals surface area contributed by atoms with Crippen molar-refractivity contribution >= 4 is 43.5 Å². The smallest absolute Gasteiger partial charge is 0.271 e. The van der Waals surface area contributed by atoms with Gasteiger partial charge in [-0.1, -0.05) is 18.6 Å². The van der Waals surface area contributed by atoms with Gasteiger partial charge in [-0.15, -0.1) is 0 Å². The van der Waals surface area contributed by atoms with Crippen LogP contribution in [0.1, 0.15) is 53.6 Å². The predicted octanol–water partition coefficient (Wildman–Crippen LogP) is 6.15. The van der Waals surface area contributed by atoms with Crippen molar-refractivity contribution < 1.29 is 9.53 Å². The number of nitrogens with zero attached hydrogens (tertiary/aromatic N) is 1. The maximum absolute atomic E-state index is 12.2. The Morgan fingerprint density at radius 1 is 1.07 bits per heavy atom. The van der Waals surface area contributed by atoms with Gasteiger partial charge in [0.15, 0.2) is 0 Å². The summed E-state index contributed by atoms with van der Waals surface area (Å²) in [6, 6.07) is 11.4. The van der Waals surface area contributed by atoms with Gasteiger partial charge in [-0.2, -0.15) is 5.10 Å². The molecule has 1 amide bonds. The molecule has 1 aliphatic rings. The number of hydrogen-bond donors (Lipinski definition) is 1. The molecule has 1 aliphatic carbocycles. The van der Waals surface area contributed by atoms with E-state index in [0.717, 1.165) is 57.2 Å². The first-order chi connectivity index (χ1) is 13.0. The predicted molar refractivity (Wildman–Crippen MR) is 115 cm³/mol. The maximum Gasteiger partial charge on any atom is 0.271 e. The number of carbonyl (C=O) groups is 1. The number of nitrogens with one attached hydrogen (secondary N) is 1. The molecule has 0 atom stereocenters. The van der Waals surface area contributed by atoms with Gasteiger partial charge in [0, 0.05) is 11.3 Å². The van der Waals surface area contributed by atoms with Crippen molar-refractivity contribution in [2.45, 2.75) is 45.6 Å². The first-order valence-corrected chi connectivity index (χ1v) is 10.6. The van der Waals surface area contributed by atoms with Crippen molar-refractivity contribution in [3.05, 3.63) is 62.0 Å². The van der Waals surface area contributed by atoms with Crippen LogP contribution in [0.3, 0.4) is 0 Å². The zero-order valence-electron chi connectivity index (χ0n) is 15.2. The van der Waals surface area contributed by atoms with E-state index in [2.05, 4.69) is 42.4 Å². The number of carbonyl (C=O) groups excluding carboxylic acids is 1. The number of hydrazone groups is 1. The quantitative estimate of drug-likeness (QED) is 0.508. The van der Waals surface area contributed by atoms with Crippen LogP contribution in [0.2, 0.25) is 0 Å². The topological polar surface area (TPSA) is 50.7 Å². The minimum absolute atomic E-state index is 0.176. The van der Waals surface area contributed by atoms with E-state index in [1.165, 1.54) is 6.42 Å². The Balaban J connectivity index is 1.58. The Morgan fingerprint density at radius 3 is 2.33 bits per heavy atom. The van der Waals surface area contributed by atoms with Crippen molar-refractivity contribution in [3.8, 4) is 5.75 Å². The molecule has 0 radical (unpaired) electrons. The van der Waals surface area contributed by atoms with Crippen LogP contribution in [-0.2, 0) is 6.61 Å². The summed E-state index contributed by atoms with van der Waals surface area (Å²) in [6.45, 7) is 2.45. The van der Waals surface area contributed by atoms with Gasteiger partial charge < -0.3 is 4.74 Å². The molecule has 4 nitrogen and oxygen atoms in total. The van der Waals surface area contributed by atoms with Crippen molar-refractivity contribution in [1.29, 1.82) is 0 Å². The second-order valence-electron chi connectivity index (χ2n) is 6.72. The number of benzene rings is 2. The van der Waals surface area contributed by atoms with E-state index < -0.39 is 0 Å². The molecule has 0 aromatic heterocycles. The second kappa shape index (κ2) is 9.51. The average Bonchev–Trinajstić information content (AvgIpc) is 2.66. The first kappa shape index (κ1) is 20.1. The van der Waals surface area contributed by atoms with E-state index in [1.807, 2.05) is 31.2 Å². The molecule has 2 aromatic carbocycles. The summed E-state index contributed by atoms with van der Waals surface area (Å²) in [5, 5.41) is 4.27. The molecule has 27 heavy (non-hydrogen) atoms. The summed E-state index contributed by atoms with van der Waals surface area (Å²) in [4.78, 5) is 12.2. The summed E-state index contributed by atoms with van der Waals surface area (Å²) in [6.07, 6.45) is 5.56. The Bertz CT molecular complexity index is 817. The lowest BCUT2D eigenvalue weighted by molar-refractivity contribution is 0.0954. The van der Waals surface area contributed by atoms with Crippen molar-refractivity contribution in [2.75, 3.05) is 0 Å². The Morgan fingerprint density at radius 2 is 1.70 bits per heavy atom. The van der Waals surface area contributed by atoms with Gasteiger partial charge in [-0.05, 0) is 99.9 Å². The highest BCUT2D eigenvalue weighted by Crippen LogP contribution is 2.35. The van der Waals surface area contributed by atoms with Crippen LogP contribution in [0.4, 0.5) is 0 Å². The second-order valence-corrected chi connectivity index (χ2v) is 8.43. The highest BCUT2D eigenvalue weighted by atomic mass is 79.9. The third-order valence-electron chi connectivity index (χ3n) is 4.49. The molecule has 0 spiro atoms. The van der Waals surface area contributed by atoms with Crippen LogP contribution in [-0.4, -0.2) is 11.6 Å². The van der Waals surface area contributed by atoms with Gasteiger partial charge in [0.2, 0.25) is 0 Å². The molecule has 0 heterocycles. The summed E-state index contributed by atoms with van der Waals surface area (Å²) >= 11 is 7.06. The van der Waals surface area contributed by atoms with Gasteiger partial charge in [0.25, 0.3) is 5.91 Å². The lowest BCUT2D eigenvalue weighted by Crippen LogP contribution is -2.20. The van der Waals surface area contributed by atoms with Crippen molar-refractivity contribution in [2.24, 2.45) is 5.10 Å². The van der Waals surface area contributed by atoms with Crippen molar-refractivity contribution in [1.82, 2.24) is 5.43 Å². The fourth-order valence-electron chi connectivity index (χ4n) is 3.00. The van der Waals surface area contributed by atoms with E-state index in [-0.39, 0.29) is 5.91 Å². The molecule has 0 saturated heterocycles. The number of hydrogen-bond acceptors (Lipinski definition) is 3.